The van der Waals surface area contributed by atoms with Crippen LogP contribution in [0.2, 0.25) is 0 Å². The van der Waals surface area contributed by atoms with Gasteiger partial charge in [0.25, 0.3) is 0 Å². The van der Waals surface area contributed by atoms with E-state index in [0.717, 1.165) is 11.3 Å². The van der Waals surface area contributed by atoms with Crippen LogP contribution in [-0.2, 0) is 21.2 Å². The SMILES string of the molecule is CC(=O)N1CCc2cc(S(=O)(=O)N3CCC(N)C(C)C3)ccc21.Cl. The fourth-order valence-corrected chi connectivity index (χ4v) is 4.97. The number of amides is 1. The topological polar surface area (TPSA) is 83.7 Å². The molecule has 1 fully saturated rings. The van der Waals surface area contributed by atoms with Crippen molar-refractivity contribution in [3.05, 3.63) is 23.8 Å². The number of nitrogens with zero attached hydrogens (tertiary/aromatic N) is 2. The summed E-state index contributed by atoms with van der Waals surface area (Å²) < 4.78 is 27.2. The van der Waals surface area contributed by atoms with Gasteiger partial charge in [-0.15, -0.1) is 12.4 Å². The van der Waals surface area contributed by atoms with Gasteiger partial charge in [-0.1, -0.05) is 6.92 Å². The first-order valence-electron chi connectivity index (χ1n) is 7.97. The van der Waals surface area contributed by atoms with E-state index in [1.54, 1.807) is 23.1 Å². The smallest absolute Gasteiger partial charge is 0.243 e. The van der Waals surface area contributed by atoms with Crippen LogP contribution < -0.4 is 10.6 Å². The first-order valence-corrected chi connectivity index (χ1v) is 9.41. The van der Waals surface area contributed by atoms with Crippen molar-refractivity contribution in [3.63, 3.8) is 0 Å². The molecule has 2 N–H and O–H groups in total. The van der Waals surface area contributed by atoms with Crippen molar-refractivity contribution in [2.45, 2.75) is 37.6 Å². The number of anilines is 1. The van der Waals surface area contributed by atoms with Crippen LogP contribution in [0.5, 0.6) is 0 Å². The molecule has 2 unspecified atom stereocenters. The van der Waals surface area contributed by atoms with Crippen molar-refractivity contribution in [1.29, 1.82) is 0 Å². The Morgan fingerprint density at radius 2 is 2.00 bits per heavy atom. The monoisotopic (exact) mass is 373 g/mol. The Hall–Kier alpha value is -1.15. The summed E-state index contributed by atoms with van der Waals surface area (Å²) in [6.07, 6.45) is 1.38. The number of hydrogen-bond donors (Lipinski definition) is 1. The third-order valence-corrected chi connectivity index (χ3v) is 6.76. The van der Waals surface area contributed by atoms with Gasteiger partial charge in [0.1, 0.15) is 0 Å². The van der Waals surface area contributed by atoms with Gasteiger partial charge in [0.2, 0.25) is 15.9 Å². The number of benzene rings is 1. The maximum Gasteiger partial charge on any atom is 0.243 e. The second-order valence-corrected chi connectivity index (χ2v) is 8.44. The molecule has 1 aromatic carbocycles. The molecule has 2 aliphatic rings. The van der Waals surface area contributed by atoms with Crippen molar-refractivity contribution in [2.75, 3.05) is 24.5 Å². The molecule has 0 bridgehead atoms. The number of rotatable bonds is 2. The maximum absolute atomic E-state index is 12.9. The Labute approximate surface area is 149 Å². The van der Waals surface area contributed by atoms with Gasteiger partial charge in [-0.2, -0.15) is 4.31 Å². The summed E-state index contributed by atoms with van der Waals surface area (Å²) in [5.41, 5.74) is 7.72. The Bertz CT molecular complexity index is 738. The number of hydrogen-bond acceptors (Lipinski definition) is 4. The van der Waals surface area contributed by atoms with Crippen LogP contribution in [0.3, 0.4) is 0 Å². The number of sulfonamides is 1. The van der Waals surface area contributed by atoms with Gasteiger partial charge in [-0.05, 0) is 42.5 Å². The van der Waals surface area contributed by atoms with Crippen molar-refractivity contribution in [1.82, 2.24) is 4.31 Å². The summed E-state index contributed by atoms with van der Waals surface area (Å²) in [4.78, 5) is 13.6. The summed E-state index contributed by atoms with van der Waals surface area (Å²) in [6.45, 7) is 5.05. The molecule has 0 aromatic heterocycles. The quantitative estimate of drug-likeness (QED) is 0.848. The molecule has 0 aliphatic carbocycles. The number of piperidine rings is 1. The van der Waals surface area contributed by atoms with E-state index >= 15 is 0 Å². The molecule has 6 nitrogen and oxygen atoms in total. The van der Waals surface area contributed by atoms with Gasteiger partial charge in [-0.25, -0.2) is 8.42 Å². The maximum atomic E-state index is 12.9. The largest absolute Gasteiger partial charge is 0.327 e. The van der Waals surface area contributed by atoms with E-state index in [2.05, 4.69) is 0 Å². The molecule has 0 radical (unpaired) electrons. The molecule has 2 heterocycles. The number of carbonyl (C=O) groups excluding carboxylic acids is 1. The molecule has 2 atom stereocenters. The minimum atomic E-state index is -3.50. The first-order chi connectivity index (χ1) is 10.8. The lowest BCUT2D eigenvalue weighted by Gasteiger charge is -2.34. The predicted octanol–water partition coefficient (Wildman–Crippen LogP) is 1.38. The lowest BCUT2D eigenvalue weighted by atomic mass is 9.96. The van der Waals surface area contributed by atoms with Gasteiger partial charge in [-0.3, -0.25) is 4.79 Å². The molecule has 1 saturated heterocycles. The van der Waals surface area contributed by atoms with Crippen LogP contribution in [0.15, 0.2) is 23.1 Å². The van der Waals surface area contributed by atoms with Crippen LogP contribution in [0.1, 0.15) is 25.8 Å². The van der Waals surface area contributed by atoms with E-state index in [0.29, 0.717) is 37.4 Å². The molecule has 3 rings (SSSR count). The van der Waals surface area contributed by atoms with E-state index < -0.39 is 10.0 Å². The van der Waals surface area contributed by atoms with Crippen LogP contribution in [-0.4, -0.2) is 44.3 Å². The zero-order chi connectivity index (χ0) is 16.8. The molecular weight excluding hydrogens is 350 g/mol. The average Bonchev–Trinajstić information content (AvgIpc) is 2.93. The van der Waals surface area contributed by atoms with Gasteiger partial charge >= 0.3 is 0 Å². The fourth-order valence-electron chi connectivity index (χ4n) is 3.36. The Morgan fingerprint density at radius 1 is 1.29 bits per heavy atom. The van der Waals surface area contributed by atoms with Gasteiger partial charge < -0.3 is 10.6 Å². The molecule has 0 saturated carbocycles. The third-order valence-electron chi connectivity index (χ3n) is 4.90. The van der Waals surface area contributed by atoms with Crippen molar-refractivity contribution in [3.8, 4) is 0 Å². The number of nitrogens with two attached hydrogens (primary N) is 1. The Balaban J connectivity index is 0.00000208. The zero-order valence-electron chi connectivity index (χ0n) is 13.9. The minimum absolute atomic E-state index is 0. The van der Waals surface area contributed by atoms with Crippen LogP contribution >= 0.6 is 12.4 Å². The van der Waals surface area contributed by atoms with Crippen molar-refractivity contribution in [2.24, 2.45) is 11.7 Å². The molecule has 1 aromatic rings. The number of halogens is 1. The highest BCUT2D eigenvalue weighted by molar-refractivity contribution is 7.89. The van der Waals surface area contributed by atoms with Crippen LogP contribution in [0, 0.1) is 5.92 Å². The lowest BCUT2D eigenvalue weighted by molar-refractivity contribution is -0.116. The van der Waals surface area contributed by atoms with Crippen molar-refractivity contribution >= 4 is 34.0 Å². The Morgan fingerprint density at radius 3 is 2.62 bits per heavy atom. The van der Waals surface area contributed by atoms with Gasteiger partial charge in [0, 0.05) is 38.3 Å². The molecule has 0 spiro atoms. The van der Waals surface area contributed by atoms with Crippen LogP contribution in [0.25, 0.3) is 0 Å². The molecule has 1 amide bonds. The highest BCUT2D eigenvalue weighted by Gasteiger charge is 2.33. The van der Waals surface area contributed by atoms with Gasteiger partial charge in [0.05, 0.1) is 4.90 Å². The first kappa shape index (κ1) is 19.2. The van der Waals surface area contributed by atoms with E-state index in [1.165, 1.54) is 11.2 Å². The predicted molar refractivity (Wildman–Crippen MR) is 95.9 cm³/mol. The molecule has 8 heteroatoms. The lowest BCUT2D eigenvalue weighted by Crippen LogP contribution is -2.48. The summed E-state index contributed by atoms with van der Waals surface area (Å²) in [5.74, 6) is 0.138. The zero-order valence-corrected chi connectivity index (χ0v) is 15.6. The average molecular weight is 374 g/mol. The summed E-state index contributed by atoms with van der Waals surface area (Å²) in [7, 11) is -3.50. The molecule has 134 valence electrons. The normalized spacial score (nSPS) is 24.4. The minimum Gasteiger partial charge on any atom is -0.327 e. The van der Waals surface area contributed by atoms with E-state index in [9.17, 15) is 13.2 Å². The molecule has 2 aliphatic heterocycles. The highest BCUT2D eigenvalue weighted by Crippen LogP contribution is 2.32. The molecule has 24 heavy (non-hydrogen) atoms. The molecular formula is C16H24ClN3O3S. The summed E-state index contributed by atoms with van der Waals surface area (Å²) >= 11 is 0. The third kappa shape index (κ3) is 3.31. The van der Waals surface area contributed by atoms with Gasteiger partial charge in [0.15, 0.2) is 0 Å². The second kappa shape index (κ2) is 7.00. The summed E-state index contributed by atoms with van der Waals surface area (Å²) in [6, 6.07) is 5.13. The highest BCUT2D eigenvalue weighted by atomic mass is 35.5. The van der Waals surface area contributed by atoms with E-state index in [1.807, 2.05) is 6.92 Å². The number of fused-ring (bicyclic) bond motifs is 1. The van der Waals surface area contributed by atoms with Crippen molar-refractivity contribution < 1.29 is 13.2 Å². The summed E-state index contributed by atoms with van der Waals surface area (Å²) in [5, 5.41) is 0. The standard InChI is InChI=1S/C16H23N3O3S.ClH/c1-11-10-18(7-6-15(11)17)23(21,22)14-3-4-16-13(9-14)5-8-19(16)12(2)20;/h3-4,9,11,15H,5-8,10,17H2,1-2H3;1H. The van der Waals surface area contributed by atoms with E-state index in [4.69, 9.17) is 5.73 Å². The fraction of sp³-hybridized carbons (Fsp3) is 0.562. The second-order valence-electron chi connectivity index (χ2n) is 6.50. The number of carbonyl (C=O) groups is 1. The van der Waals surface area contributed by atoms with E-state index in [-0.39, 0.29) is 30.3 Å². The van der Waals surface area contributed by atoms with Crippen LogP contribution in [0.4, 0.5) is 5.69 Å². The Kier molecular flexibility index (Phi) is 5.59.